The molecule has 0 fully saturated rings. The molecule has 1 N–H and O–H groups in total. The fourth-order valence-corrected chi connectivity index (χ4v) is 3.12. The van der Waals surface area contributed by atoms with Gasteiger partial charge in [0.2, 0.25) is 0 Å². The number of hydrazone groups is 1. The van der Waals surface area contributed by atoms with E-state index in [9.17, 15) is 4.79 Å². The van der Waals surface area contributed by atoms with Crippen LogP contribution in [0.2, 0.25) is 10.2 Å². The molecule has 0 unspecified atom stereocenters. The van der Waals surface area contributed by atoms with Gasteiger partial charge in [-0.05, 0) is 45.0 Å². The molecule has 0 aliphatic rings. The Morgan fingerprint density at radius 2 is 2.00 bits per heavy atom. The number of hydrogen-bond donors (Lipinski definition) is 1. The average molecular weight is 405 g/mol. The maximum Gasteiger partial charge on any atom is 0.261 e. The van der Waals surface area contributed by atoms with Gasteiger partial charge in [-0.1, -0.05) is 29.3 Å². The van der Waals surface area contributed by atoms with Crippen LogP contribution in [0.3, 0.4) is 0 Å². The predicted octanol–water partition coefficient (Wildman–Crippen LogP) is 3.45. The van der Waals surface area contributed by atoms with Crippen molar-refractivity contribution in [3.8, 4) is 5.69 Å². The first-order chi connectivity index (χ1) is 12.8. The lowest BCUT2D eigenvalue weighted by Crippen LogP contribution is -2.24. The fourth-order valence-electron chi connectivity index (χ4n) is 2.61. The van der Waals surface area contributed by atoms with Gasteiger partial charge >= 0.3 is 0 Å². The number of benzene rings is 1. The lowest BCUT2D eigenvalue weighted by atomic mass is 10.3. The molecule has 140 valence electrons. The quantitative estimate of drug-likeness (QED) is 0.522. The fraction of sp³-hybridized carbons (Fsp3) is 0.222. The van der Waals surface area contributed by atoms with Crippen molar-refractivity contribution >= 4 is 35.3 Å². The third kappa shape index (κ3) is 4.37. The molecule has 3 rings (SSSR count). The Balaban J connectivity index is 1.72. The summed E-state index contributed by atoms with van der Waals surface area (Å²) in [5, 5.41) is 13.6. The summed E-state index contributed by atoms with van der Waals surface area (Å²) in [7, 11) is 0. The van der Waals surface area contributed by atoms with E-state index in [2.05, 4.69) is 20.7 Å². The first-order valence-electron chi connectivity index (χ1n) is 8.19. The highest BCUT2D eigenvalue weighted by atomic mass is 35.5. The molecular formula is C18H18Cl2N6O. The second-order valence-corrected chi connectivity index (χ2v) is 6.85. The van der Waals surface area contributed by atoms with Crippen molar-refractivity contribution < 1.29 is 4.79 Å². The molecule has 0 bridgehead atoms. The van der Waals surface area contributed by atoms with Crippen LogP contribution >= 0.6 is 23.2 Å². The van der Waals surface area contributed by atoms with Crippen LogP contribution in [-0.2, 0) is 11.3 Å². The number of carbonyl (C=O) groups excluding carboxylic acids is 1. The van der Waals surface area contributed by atoms with Gasteiger partial charge in [-0.3, -0.25) is 9.48 Å². The van der Waals surface area contributed by atoms with E-state index in [1.807, 2.05) is 39.0 Å². The topological polar surface area (TPSA) is 77.1 Å². The first-order valence-corrected chi connectivity index (χ1v) is 8.95. The van der Waals surface area contributed by atoms with Crippen molar-refractivity contribution in [3.05, 3.63) is 63.2 Å². The maximum absolute atomic E-state index is 12.0. The molecule has 0 aliphatic heterocycles. The minimum atomic E-state index is -0.284. The van der Waals surface area contributed by atoms with Crippen LogP contribution in [0, 0.1) is 20.8 Å². The summed E-state index contributed by atoms with van der Waals surface area (Å²) >= 11 is 12.5. The Bertz CT molecular complexity index is 1020. The van der Waals surface area contributed by atoms with Gasteiger partial charge in [0.15, 0.2) is 0 Å². The zero-order chi connectivity index (χ0) is 19.6. The summed E-state index contributed by atoms with van der Waals surface area (Å²) in [4.78, 5) is 12.0. The third-order valence-corrected chi connectivity index (χ3v) is 4.48. The molecule has 9 heteroatoms. The molecule has 0 atom stereocenters. The number of halogens is 2. The Labute approximate surface area is 166 Å². The minimum absolute atomic E-state index is 0.0888. The van der Waals surface area contributed by atoms with E-state index >= 15 is 0 Å². The summed E-state index contributed by atoms with van der Waals surface area (Å²) in [6.07, 6.45) is 1.48. The molecule has 0 spiro atoms. The zero-order valence-electron chi connectivity index (χ0n) is 15.1. The van der Waals surface area contributed by atoms with Crippen molar-refractivity contribution in [2.75, 3.05) is 0 Å². The van der Waals surface area contributed by atoms with Crippen LogP contribution in [0.15, 0.2) is 35.4 Å². The summed E-state index contributed by atoms with van der Waals surface area (Å²) in [6, 6.07) is 9.11. The normalized spacial score (nSPS) is 11.3. The van der Waals surface area contributed by atoms with Crippen LogP contribution in [0.25, 0.3) is 5.69 Å². The Hall–Kier alpha value is -2.64. The van der Waals surface area contributed by atoms with Gasteiger partial charge in [0, 0.05) is 10.7 Å². The van der Waals surface area contributed by atoms with Crippen molar-refractivity contribution in [2.24, 2.45) is 5.10 Å². The monoisotopic (exact) mass is 404 g/mol. The van der Waals surface area contributed by atoms with Crippen molar-refractivity contribution in [2.45, 2.75) is 27.3 Å². The molecule has 0 radical (unpaired) electrons. The molecule has 0 saturated heterocycles. The Morgan fingerprint density at radius 1 is 1.22 bits per heavy atom. The Morgan fingerprint density at radius 3 is 2.67 bits per heavy atom. The summed E-state index contributed by atoms with van der Waals surface area (Å²) in [6.45, 7) is 5.67. The van der Waals surface area contributed by atoms with Gasteiger partial charge in [-0.15, -0.1) is 0 Å². The number of aryl methyl sites for hydroxylation is 3. The number of rotatable bonds is 5. The average Bonchev–Trinajstić information content (AvgIpc) is 3.07. The standard InChI is InChI=1S/C18H18Cl2N6O/c1-11-7-12(2)25(23-11)10-17(27)22-21-9-16-13(3)24-26(18(16)20)15-6-4-5-14(19)8-15/h4-9H,10H2,1-3H3,(H,22,27). The molecule has 1 amide bonds. The number of carbonyl (C=O) groups is 1. The van der Waals surface area contributed by atoms with E-state index in [-0.39, 0.29) is 12.5 Å². The van der Waals surface area contributed by atoms with Crippen LogP contribution in [0.4, 0.5) is 0 Å². The van der Waals surface area contributed by atoms with Gasteiger partial charge in [0.25, 0.3) is 5.91 Å². The number of aromatic nitrogens is 4. The smallest absolute Gasteiger partial charge is 0.261 e. The zero-order valence-corrected chi connectivity index (χ0v) is 16.6. The van der Waals surface area contributed by atoms with Crippen molar-refractivity contribution in [3.63, 3.8) is 0 Å². The molecule has 0 aliphatic carbocycles. The number of amides is 1. The van der Waals surface area contributed by atoms with E-state index in [0.717, 1.165) is 17.1 Å². The molecule has 27 heavy (non-hydrogen) atoms. The summed E-state index contributed by atoms with van der Waals surface area (Å²) in [5.74, 6) is -0.284. The van der Waals surface area contributed by atoms with E-state index in [1.54, 1.807) is 21.5 Å². The number of nitrogens with one attached hydrogen (secondary N) is 1. The second kappa shape index (κ2) is 7.94. The molecule has 7 nitrogen and oxygen atoms in total. The molecule has 0 saturated carbocycles. The van der Waals surface area contributed by atoms with E-state index < -0.39 is 0 Å². The van der Waals surface area contributed by atoms with Gasteiger partial charge in [0.1, 0.15) is 11.7 Å². The van der Waals surface area contributed by atoms with E-state index in [1.165, 1.54) is 6.21 Å². The number of nitrogens with zero attached hydrogens (tertiary/aromatic N) is 5. The highest BCUT2D eigenvalue weighted by Crippen LogP contribution is 2.23. The van der Waals surface area contributed by atoms with Gasteiger partial charge in [-0.25, -0.2) is 10.1 Å². The van der Waals surface area contributed by atoms with E-state index in [0.29, 0.717) is 21.4 Å². The number of hydrogen-bond acceptors (Lipinski definition) is 4. The summed E-state index contributed by atoms with van der Waals surface area (Å²) < 4.78 is 3.19. The second-order valence-electron chi connectivity index (χ2n) is 6.06. The highest BCUT2D eigenvalue weighted by molar-refractivity contribution is 6.32. The van der Waals surface area contributed by atoms with Crippen LogP contribution in [-0.4, -0.2) is 31.7 Å². The predicted molar refractivity (Wildman–Crippen MR) is 106 cm³/mol. The van der Waals surface area contributed by atoms with Gasteiger partial charge < -0.3 is 0 Å². The lowest BCUT2D eigenvalue weighted by molar-refractivity contribution is -0.121. The molecular weight excluding hydrogens is 387 g/mol. The van der Waals surface area contributed by atoms with Crippen LogP contribution in [0.1, 0.15) is 22.6 Å². The van der Waals surface area contributed by atoms with Gasteiger partial charge in [0.05, 0.1) is 28.9 Å². The van der Waals surface area contributed by atoms with Crippen LogP contribution in [0.5, 0.6) is 0 Å². The minimum Gasteiger partial charge on any atom is -0.271 e. The van der Waals surface area contributed by atoms with E-state index in [4.69, 9.17) is 23.2 Å². The highest BCUT2D eigenvalue weighted by Gasteiger charge is 2.13. The molecule has 2 aromatic heterocycles. The SMILES string of the molecule is Cc1cc(C)n(CC(=O)NN=Cc2c(C)nn(-c3cccc(Cl)c3)c2Cl)n1. The lowest BCUT2D eigenvalue weighted by Gasteiger charge is -2.03. The van der Waals surface area contributed by atoms with Crippen molar-refractivity contribution in [1.82, 2.24) is 25.0 Å². The maximum atomic E-state index is 12.0. The molecule has 1 aromatic carbocycles. The third-order valence-electron chi connectivity index (χ3n) is 3.88. The largest absolute Gasteiger partial charge is 0.271 e. The Kier molecular flexibility index (Phi) is 5.62. The van der Waals surface area contributed by atoms with Crippen molar-refractivity contribution in [1.29, 1.82) is 0 Å². The summed E-state index contributed by atoms with van der Waals surface area (Å²) in [5.41, 5.74) is 6.28. The van der Waals surface area contributed by atoms with Crippen LogP contribution < -0.4 is 5.43 Å². The molecule has 2 heterocycles. The van der Waals surface area contributed by atoms with Gasteiger partial charge in [-0.2, -0.15) is 15.3 Å². The first kappa shape index (κ1) is 19.1. The molecule has 3 aromatic rings.